The minimum absolute atomic E-state index is 0.152. The van der Waals surface area contributed by atoms with Crippen LogP contribution in [0.4, 0.5) is 0 Å². The van der Waals surface area contributed by atoms with Crippen LogP contribution in [0.3, 0.4) is 0 Å². The molecular weight excluding hydrogens is 350 g/mol. The lowest BCUT2D eigenvalue weighted by Gasteiger charge is -2.17. The van der Waals surface area contributed by atoms with Gasteiger partial charge in [0, 0.05) is 23.7 Å². The second-order valence-electron chi connectivity index (χ2n) is 6.87. The SMILES string of the molecule is CC(N)C(=O)NC(C=CC(=O)n1ccc2ccccc21)CCc1ccccc1. The molecule has 5 nitrogen and oxygen atoms in total. The Morgan fingerprint density at radius 2 is 1.79 bits per heavy atom. The summed E-state index contributed by atoms with van der Waals surface area (Å²) in [5.41, 5.74) is 7.72. The van der Waals surface area contributed by atoms with E-state index in [1.165, 1.54) is 11.6 Å². The number of para-hydroxylation sites is 1. The maximum absolute atomic E-state index is 12.7. The van der Waals surface area contributed by atoms with Crippen LogP contribution in [0.5, 0.6) is 0 Å². The summed E-state index contributed by atoms with van der Waals surface area (Å²) in [6.07, 6.45) is 6.50. The zero-order valence-electron chi connectivity index (χ0n) is 15.9. The molecule has 1 heterocycles. The van der Waals surface area contributed by atoms with Gasteiger partial charge in [-0.2, -0.15) is 0 Å². The Bertz CT molecular complexity index is 974. The van der Waals surface area contributed by atoms with Crippen LogP contribution in [-0.4, -0.2) is 28.5 Å². The molecule has 2 atom stereocenters. The van der Waals surface area contributed by atoms with E-state index in [0.717, 1.165) is 17.3 Å². The van der Waals surface area contributed by atoms with E-state index >= 15 is 0 Å². The predicted octanol–water partition coefficient (Wildman–Crippen LogP) is 3.30. The number of amides is 1. The van der Waals surface area contributed by atoms with Crippen LogP contribution in [0, 0.1) is 0 Å². The Kier molecular flexibility index (Phi) is 6.40. The smallest absolute Gasteiger partial charge is 0.254 e. The average molecular weight is 375 g/mol. The number of fused-ring (bicyclic) bond motifs is 1. The minimum Gasteiger partial charge on any atom is -0.349 e. The number of hydrogen-bond acceptors (Lipinski definition) is 3. The Morgan fingerprint density at radius 3 is 2.54 bits per heavy atom. The van der Waals surface area contributed by atoms with Gasteiger partial charge in [0.1, 0.15) is 0 Å². The molecule has 3 rings (SSSR count). The normalized spacial score (nSPS) is 13.5. The van der Waals surface area contributed by atoms with Crippen LogP contribution >= 0.6 is 0 Å². The van der Waals surface area contributed by atoms with Gasteiger partial charge in [0.2, 0.25) is 5.91 Å². The van der Waals surface area contributed by atoms with Crippen LogP contribution in [0.15, 0.2) is 79.0 Å². The number of benzene rings is 2. The van der Waals surface area contributed by atoms with Crippen molar-refractivity contribution in [2.75, 3.05) is 0 Å². The van der Waals surface area contributed by atoms with Gasteiger partial charge < -0.3 is 11.1 Å². The fraction of sp³-hybridized carbons (Fsp3) is 0.217. The summed E-state index contributed by atoms with van der Waals surface area (Å²) in [5.74, 6) is -0.387. The third kappa shape index (κ3) is 4.96. The number of carbonyl (C=O) groups excluding carboxylic acids is 2. The van der Waals surface area contributed by atoms with Crippen molar-refractivity contribution in [3.8, 4) is 0 Å². The van der Waals surface area contributed by atoms with E-state index < -0.39 is 6.04 Å². The van der Waals surface area contributed by atoms with Crippen molar-refractivity contribution < 1.29 is 9.59 Å². The second kappa shape index (κ2) is 9.15. The van der Waals surface area contributed by atoms with Crippen LogP contribution in [-0.2, 0) is 11.2 Å². The lowest BCUT2D eigenvalue weighted by Crippen LogP contribution is -2.43. The average Bonchev–Trinajstić information content (AvgIpc) is 3.14. The van der Waals surface area contributed by atoms with E-state index in [2.05, 4.69) is 5.32 Å². The highest BCUT2D eigenvalue weighted by molar-refractivity contribution is 5.98. The molecule has 0 saturated carbocycles. The van der Waals surface area contributed by atoms with E-state index in [1.54, 1.807) is 23.8 Å². The lowest BCUT2D eigenvalue weighted by molar-refractivity contribution is -0.122. The molecular formula is C23H25N3O2. The number of aryl methyl sites for hydroxylation is 1. The molecule has 0 bridgehead atoms. The fourth-order valence-corrected chi connectivity index (χ4v) is 3.05. The molecule has 0 aliphatic rings. The quantitative estimate of drug-likeness (QED) is 0.622. The molecule has 0 radical (unpaired) electrons. The van der Waals surface area contributed by atoms with Gasteiger partial charge in [-0.3, -0.25) is 14.2 Å². The number of nitrogens with zero attached hydrogens (tertiary/aromatic N) is 1. The van der Waals surface area contributed by atoms with E-state index in [1.807, 2.05) is 60.7 Å². The number of aromatic nitrogens is 1. The van der Waals surface area contributed by atoms with Gasteiger partial charge in [-0.25, -0.2) is 0 Å². The summed E-state index contributed by atoms with van der Waals surface area (Å²) < 4.78 is 1.60. The topological polar surface area (TPSA) is 77.1 Å². The zero-order valence-corrected chi connectivity index (χ0v) is 15.9. The molecule has 3 aromatic rings. The highest BCUT2D eigenvalue weighted by Gasteiger charge is 2.14. The molecule has 3 N–H and O–H groups in total. The van der Waals surface area contributed by atoms with Crippen LogP contribution in [0.2, 0.25) is 0 Å². The molecule has 2 aromatic carbocycles. The first-order chi connectivity index (χ1) is 13.5. The highest BCUT2D eigenvalue weighted by atomic mass is 16.2. The largest absolute Gasteiger partial charge is 0.349 e. The van der Waals surface area contributed by atoms with Crippen molar-refractivity contribution in [1.29, 1.82) is 0 Å². The van der Waals surface area contributed by atoms with Gasteiger partial charge in [0.25, 0.3) is 5.91 Å². The standard InChI is InChI=1S/C23H25N3O2/c1-17(24)23(28)25-20(12-11-18-7-3-2-4-8-18)13-14-22(27)26-16-15-19-9-5-6-10-21(19)26/h2-10,13-17,20H,11-12,24H2,1H3,(H,25,28). The van der Waals surface area contributed by atoms with Gasteiger partial charge in [-0.1, -0.05) is 54.6 Å². The molecule has 0 saturated heterocycles. The van der Waals surface area contributed by atoms with Gasteiger partial charge >= 0.3 is 0 Å². The lowest BCUT2D eigenvalue weighted by atomic mass is 10.0. The van der Waals surface area contributed by atoms with E-state index in [-0.39, 0.29) is 17.9 Å². The molecule has 1 aromatic heterocycles. The zero-order chi connectivity index (χ0) is 19.9. The van der Waals surface area contributed by atoms with Crippen molar-refractivity contribution in [3.05, 3.63) is 84.6 Å². The molecule has 5 heteroatoms. The molecule has 2 unspecified atom stereocenters. The third-order valence-electron chi connectivity index (χ3n) is 4.64. The Hall–Kier alpha value is -3.18. The second-order valence-corrected chi connectivity index (χ2v) is 6.87. The number of hydrogen-bond donors (Lipinski definition) is 2. The van der Waals surface area contributed by atoms with Crippen molar-refractivity contribution in [3.63, 3.8) is 0 Å². The number of allylic oxidation sites excluding steroid dienone is 1. The molecule has 28 heavy (non-hydrogen) atoms. The van der Waals surface area contributed by atoms with Crippen molar-refractivity contribution in [2.45, 2.75) is 31.8 Å². The molecule has 1 amide bonds. The van der Waals surface area contributed by atoms with E-state index in [0.29, 0.717) is 6.42 Å². The van der Waals surface area contributed by atoms with Gasteiger partial charge in [-0.15, -0.1) is 0 Å². The van der Waals surface area contributed by atoms with Crippen LogP contribution in [0.25, 0.3) is 10.9 Å². The fourth-order valence-electron chi connectivity index (χ4n) is 3.05. The first-order valence-electron chi connectivity index (χ1n) is 9.43. The van der Waals surface area contributed by atoms with E-state index in [4.69, 9.17) is 5.73 Å². The van der Waals surface area contributed by atoms with Crippen molar-refractivity contribution in [2.24, 2.45) is 5.73 Å². The molecule has 0 aliphatic carbocycles. The molecule has 0 spiro atoms. The van der Waals surface area contributed by atoms with E-state index in [9.17, 15) is 9.59 Å². The van der Waals surface area contributed by atoms with Crippen LogP contribution < -0.4 is 11.1 Å². The number of nitrogens with two attached hydrogens (primary N) is 1. The predicted molar refractivity (Wildman–Crippen MR) is 112 cm³/mol. The summed E-state index contributed by atoms with van der Waals surface area (Å²) in [6, 6.07) is 18.8. The maximum atomic E-state index is 12.7. The monoisotopic (exact) mass is 375 g/mol. The number of nitrogens with one attached hydrogen (secondary N) is 1. The van der Waals surface area contributed by atoms with Crippen LogP contribution in [0.1, 0.15) is 23.7 Å². The maximum Gasteiger partial charge on any atom is 0.254 e. The van der Waals surface area contributed by atoms with Crippen molar-refractivity contribution >= 4 is 22.7 Å². The Balaban J connectivity index is 1.73. The van der Waals surface area contributed by atoms with Crippen molar-refractivity contribution in [1.82, 2.24) is 9.88 Å². The summed E-state index contributed by atoms with van der Waals surface area (Å²) in [6.45, 7) is 1.64. The third-order valence-corrected chi connectivity index (χ3v) is 4.64. The molecule has 0 fully saturated rings. The minimum atomic E-state index is -0.600. The molecule has 0 aliphatic heterocycles. The summed E-state index contributed by atoms with van der Waals surface area (Å²) in [7, 11) is 0. The Labute approximate surface area is 164 Å². The summed E-state index contributed by atoms with van der Waals surface area (Å²) in [4.78, 5) is 24.7. The Morgan fingerprint density at radius 1 is 1.07 bits per heavy atom. The van der Waals surface area contributed by atoms with Gasteiger partial charge in [0.15, 0.2) is 0 Å². The first-order valence-corrected chi connectivity index (χ1v) is 9.43. The number of rotatable bonds is 7. The molecule has 144 valence electrons. The highest BCUT2D eigenvalue weighted by Crippen LogP contribution is 2.15. The summed E-state index contributed by atoms with van der Waals surface area (Å²) >= 11 is 0. The summed E-state index contributed by atoms with van der Waals surface area (Å²) in [5, 5.41) is 3.92. The first kappa shape index (κ1) is 19.6. The number of carbonyl (C=O) groups is 2. The van der Waals surface area contributed by atoms with Gasteiger partial charge in [-0.05, 0) is 37.5 Å². The van der Waals surface area contributed by atoms with Gasteiger partial charge in [0.05, 0.1) is 11.6 Å².